The van der Waals surface area contributed by atoms with Crippen molar-refractivity contribution in [2.24, 2.45) is 5.92 Å². The molecule has 0 spiro atoms. The van der Waals surface area contributed by atoms with Crippen molar-refractivity contribution in [1.82, 2.24) is 10.2 Å². The molecule has 23 heavy (non-hydrogen) atoms. The molecule has 2 rings (SSSR count). The fourth-order valence-electron chi connectivity index (χ4n) is 2.69. The van der Waals surface area contributed by atoms with Gasteiger partial charge in [-0.05, 0) is 56.0 Å². The quantitative estimate of drug-likeness (QED) is 0.901. The van der Waals surface area contributed by atoms with Gasteiger partial charge in [-0.3, -0.25) is 9.69 Å². The van der Waals surface area contributed by atoms with E-state index in [1.807, 2.05) is 0 Å². The minimum absolute atomic E-state index is 0.0218. The summed E-state index contributed by atoms with van der Waals surface area (Å²) in [6.07, 6.45) is -1.53. The van der Waals surface area contributed by atoms with Crippen LogP contribution in [0.5, 0.6) is 0 Å². The van der Waals surface area contributed by atoms with Crippen LogP contribution >= 0.6 is 0 Å². The van der Waals surface area contributed by atoms with Crippen molar-refractivity contribution in [2.75, 3.05) is 26.2 Å². The summed E-state index contributed by atoms with van der Waals surface area (Å²) in [6, 6.07) is 5.07. The molecule has 1 aromatic carbocycles. The molecule has 0 bridgehead atoms. The molecular weight excluding hydrogens is 305 g/mol. The predicted molar refractivity (Wildman–Crippen MR) is 83.0 cm³/mol. The Bertz CT molecular complexity index is 506. The predicted octanol–water partition coefficient (Wildman–Crippen LogP) is 3.10. The number of nitrogens with one attached hydrogen (secondary N) is 1. The molecular formula is C17H23F3N2O. The first-order valence-corrected chi connectivity index (χ1v) is 8.00. The van der Waals surface area contributed by atoms with Crippen LogP contribution in [0.4, 0.5) is 13.2 Å². The number of halogens is 3. The Kier molecular flexibility index (Phi) is 6.04. The summed E-state index contributed by atoms with van der Waals surface area (Å²) in [4.78, 5) is 14.0. The number of benzene rings is 1. The second-order valence-electron chi connectivity index (χ2n) is 6.25. The van der Waals surface area contributed by atoms with Crippen LogP contribution in [0.2, 0.25) is 0 Å². The number of piperidine rings is 1. The summed E-state index contributed by atoms with van der Waals surface area (Å²) in [5.41, 5.74) is 0.134. The highest BCUT2D eigenvalue weighted by atomic mass is 19.4. The van der Waals surface area contributed by atoms with Crippen molar-refractivity contribution >= 4 is 5.91 Å². The number of rotatable bonds is 5. The molecule has 3 nitrogen and oxygen atoms in total. The number of hydrogen-bond donors (Lipinski definition) is 1. The van der Waals surface area contributed by atoms with Crippen molar-refractivity contribution in [2.45, 2.75) is 32.4 Å². The molecule has 1 N–H and O–H groups in total. The van der Waals surface area contributed by atoms with Gasteiger partial charge < -0.3 is 5.32 Å². The lowest BCUT2D eigenvalue weighted by atomic mass is 9.99. The summed E-state index contributed by atoms with van der Waals surface area (Å²) in [5, 5.41) is 2.83. The molecule has 1 aromatic rings. The van der Waals surface area contributed by atoms with Crippen LogP contribution in [0.15, 0.2) is 24.3 Å². The Labute approximate surface area is 134 Å². The Balaban J connectivity index is 1.69. The molecule has 1 fully saturated rings. The topological polar surface area (TPSA) is 32.3 Å². The molecule has 128 valence electrons. The van der Waals surface area contributed by atoms with E-state index in [-0.39, 0.29) is 5.91 Å². The standard InChI is InChI=1S/C17H23F3N2O/c1-13-7-10-22(11-8-13)12-16(23)21-9-6-14-2-4-15(5-3-14)17(18,19)20/h2-5,13H,6-12H2,1H3,(H,21,23). The molecule has 0 aliphatic carbocycles. The van der Waals surface area contributed by atoms with Gasteiger partial charge in [0.1, 0.15) is 0 Å². The molecule has 0 atom stereocenters. The van der Waals surface area contributed by atoms with Gasteiger partial charge in [-0.1, -0.05) is 19.1 Å². The third kappa shape index (κ3) is 5.86. The Morgan fingerprint density at radius 2 is 1.83 bits per heavy atom. The monoisotopic (exact) mass is 328 g/mol. The zero-order valence-corrected chi connectivity index (χ0v) is 13.3. The highest BCUT2D eigenvalue weighted by Gasteiger charge is 2.29. The summed E-state index contributed by atoms with van der Waals surface area (Å²) < 4.78 is 37.4. The highest BCUT2D eigenvalue weighted by Crippen LogP contribution is 2.29. The third-order valence-corrected chi connectivity index (χ3v) is 4.26. The second kappa shape index (κ2) is 7.81. The summed E-state index contributed by atoms with van der Waals surface area (Å²) >= 11 is 0. The van der Waals surface area contributed by atoms with E-state index < -0.39 is 11.7 Å². The lowest BCUT2D eigenvalue weighted by Crippen LogP contribution is -2.41. The molecule has 1 aliphatic heterocycles. The average molecular weight is 328 g/mol. The van der Waals surface area contributed by atoms with E-state index in [2.05, 4.69) is 17.1 Å². The van der Waals surface area contributed by atoms with E-state index in [4.69, 9.17) is 0 Å². The van der Waals surface area contributed by atoms with Crippen LogP contribution in [0.25, 0.3) is 0 Å². The molecule has 1 heterocycles. The number of amides is 1. The van der Waals surface area contributed by atoms with Gasteiger partial charge in [-0.15, -0.1) is 0 Å². The Hall–Kier alpha value is -1.56. The van der Waals surface area contributed by atoms with Crippen molar-refractivity contribution < 1.29 is 18.0 Å². The van der Waals surface area contributed by atoms with E-state index in [0.29, 0.717) is 19.5 Å². The largest absolute Gasteiger partial charge is 0.416 e. The number of likely N-dealkylation sites (tertiary alicyclic amines) is 1. The van der Waals surface area contributed by atoms with Gasteiger partial charge in [0.2, 0.25) is 5.91 Å². The summed E-state index contributed by atoms with van der Waals surface area (Å²) in [7, 11) is 0. The van der Waals surface area contributed by atoms with Gasteiger partial charge in [0.05, 0.1) is 12.1 Å². The normalized spacial score (nSPS) is 17.2. The minimum atomic E-state index is -4.31. The molecule has 6 heteroatoms. The number of alkyl halides is 3. The molecule has 0 unspecified atom stereocenters. The van der Waals surface area contributed by atoms with Gasteiger partial charge >= 0.3 is 6.18 Å². The molecule has 0 saturated carbocycles. The van der Waals surface area contributed by atoms with Crippen molar-refractivity contribution in [3.05, 3.63) is 35.4 Å². The summed E-state index contributed by atoms with van der Waals surface area (Å²) in [6.45, 7) is 4.97. The van der Waals surface area contributed by atoms with Crippen molar-refractivity contribution in [3.63, 3.8) is 0 Å². The molecule has 0 aromatic heterocycles. The van der Waals surface area contributed by atoms with E-state index >= 15 is 0 Å². The number of carbonyl (C=O) groups excluding carboxylic acids is 1. The lowest BCUT2D eigenvalue weighted by Gasteiger charge is -2.29. The van der Waals surface area contributed by atoms with E-state index in [0.717, 1.165) is 49.5 Å². The van der Waals surface area contributed by atoms with E-state index in [9.17, 15) is 18.0 Å². The average Bonchev–Trinajstić information content (AvgIpc) is 2.49. The fourth-order valence-corrected chi connectivity index (χ4v) is 2.69. The zero-order chi connectivity index (χ0) is 16.9. The van der Waals surface area contributed by atoms with Gasteiger partial charge in [-0.2, -0.15) is 13.2 Å². The number of carbonyl (C=O) groups is 1. The first-order chi connectivity index (χ1) is 10.8. The van der Waals surface area contributed by atoms with E-state index in [1.54, 1.807) is 0 Å². The van der Waals surface area contributed by atoms with E-state index in [1.165, 1.54) is 12.1 Å². The zero-order valence-electron chi connectivity index (χ0n) is 13.3. The van der Waals surface area contributed by atoms with Crippen LogP contribution < -0.4 is 5.32 Å². The summed E-state index contributed by atoms with van der Waals surface area (Å²) in [5.74, 6) is 0.709. The van der Waals surface area contributed by atoms with Crippen LogP contribution in [0, 0.1) is 5.92 Å². The molecule has 0 radical (unpaired) electrons. The van der Waals surface area contributed by atoms with Crippen LogP contribution in [-0.2, 0) is 17.4 Å². The highest BCUT2D eigenvalue weighted by molar-refractivity contribution is 5.78. The van der Waals surface area contributed by atoms with Crippen LogP contribution in [0.1, 0.15) is 30.9 Å². The lowest BCUT2D eigenvalue weighted by molar-refractivity contribution is -0.137. The first kappa shape index (κ1) is 17.8. The molecule has 1 aliphatic rings. The van der Waals surface area contributed by atoms with Gasteiger partial charge in [0.25, 0.3) is 0 Å². The third-order valence-electron chi connectivity index (χ3n) is 4.26. The molecule has 1 saturated heterocycles. The van der Waals surface area contributed by atoms with Crippen molar-refractivity contribution in [1.29, 1.82) is 0 Å². The first-order valence-electron chi connectivity index (χ1n) is 8.00. The van der Waals surface area contributed by atoms with Gasteiger partial charge in [-0.25, -0.2) is 0 Å². The van der Waals surface area contributed by atoms with Crippen LogP contribution in [0.3, 0.4) is 0 Å². The SMILES string of the molecule is CC1CCN(CC(=O)NCCc2ccc(C(F)(F)F)cc2)CC1. The maximum absolute atomic E-state index is 12.5. The maximum Gasteiger partial charge on any atom is 0.416 e. The maximum atomic E-state index is 12.5. The Morgan fingerprint density at radius 3 is 2.39 bits per heavy atom. The minimum Gasteiger partial charge on any atom is -0.355 e. The smallest absolute Gasteiger partial charge is 0.355 e. The van der Waals surface area contributed by atoms with Gasteiger partial charge in [0, 0.05) is 6.54 Å². The van der Waals surface area contributed by atoms with Crippen LogP contribution in [-0.4, -0.2) is 37.0 Å². The van der Waals surface area contributed by atoms with Gasteiger partial charge in [0.15, 0.2) is 0 Å². The fraction of sp³-hybridized carbons (Fsp3) is 0.588. The molecule has 1 amide bonds. The second-order valence-corrected chi connectivity index (χ2v) is 6.25. The number of nitrogens with zero attached hydrogens (tertiary/aromatic N) is 1. The van der Waals surface area contributed by atoms with Crippen molar-refractivity contribution in [3.8, 4) is 0 Å². The number of hydrogen-bond acceptors (Lipinski definition) is 2. The Morgan fingerprint density at radius 1 is 1.22 bits per heavy atom.